The van der Waals surface area contributed by atoms with E-state index in [-0.39, 0.29) is 35.8 Å². The molecule has 2 aromatic rings. The first-order valence-corrected chi connectivity index (χ1v) is 11.7. The molecule has 0 spiro atoms. The third kappa shape index (κ3) is 6.05. The number of pyridine rings is 1. The van der Waals surface area contributed by atoms with E-state index in [4.69, 9.17) is 0 Å². The van der Waals surface area contributed by atoms with Gasteiger partial charge < -0.3 is 15.5 Å². The number of aliphatic imine (C=N–C) groups is 1. The molecule has 0 saturated carbocycles. The predicted molar refractivity (Wildman–Crippen MR) is 145 cm³/mol. The Balaban J connectivity index is 0.00000324. The molecule has 0 unspecified atom stereocenters. The molecule has 2 N–H and O–H groups in total. The second-order valence-corrected chi connectivity index (χ2v) is 8.56. The molecule has 8 nitrogen and oxygen atoms in total. The standard InChI is InChI=1S/C25H32N6O2.HI/c1-18-8-7-11-22(28-18)30-16-12-19(13-17-30)29-25(26-2)27-14-5-6-15-31-23(32)20-9-3-4-10-21(20)24(31)33;/h3-4,7-11,19H,5-6,12-17H2,1-2H3,(H2,26,27,29);1H. The van der Waals surface area contributed by atoms with E-state index in [1.807, 2.05) is 13.0 Å². The number of halogens is 1. The van der Waals surface area contributed by atoms with Gasteiger partial charge in [0.2, 0.25) is 0 Å². The summed E-state index contributed by atoms with van der Waals surface area (Å²) in [7, 11) is 1.78. The lowest BCUT2D eigenvalue weighted by Gasteiger charge is -2.34. The van der Waals surface area contributed by atoms with Crippen molar-refractivity contribution in [2.45, 2.75) is 38.6 Å². The second kappa shape index (κ2) is 12.1. The molecule has 4 rings (SSSR count). The summed E-state index contributed by atoms with van der Waals surface area (Å²) >= 11 is 0. The van der Waals surface area contributed by atoms with Crippen LogP contribution in [-0.4, -0.2) is 66.9 Å². The van der Waals surface area contributed by atoms with Gasteiger partial charge in [0, 0.05) is 45.0 Å². The van der Waals surface area contributed by atoms with Crippen molar-refractivity contribution in [2.24, 2.45) is 4.99 Å². The number of guanidine groups is 1. The molecule has 182 valence electrons. The number of amides is 2. The number of carbonyl (C=O) groups is 2. The first kappa shape index (κ1) is 25.9. The van der Waals surface area contributed by atoms with Crippen molar-refractivity contribution in [1.29, 1.82) is 0 Å². The van der Waals surface area contributed by atoms with E-state index in [1.54, 1.807) is 31.3 Å². The lowest BCUT2D eigenvalue weighted by atomic mass is 10.1. The normalized spacial score (nSPS) is 16.4. The van der Waals surface area contributed by atoms with Crippen LogP contribution in [-0.2, 0) is 0 Å². The topological polar surface area (TPSA) is 89.9 Å². The summed E-state index contributed by atoms with van der Waals surface area (Å²) in [6.45, 7) is 5.12. The molecular weight excluding hydrogens is 543 g/mol. The fourth-order valence-corrected chi connectivity index (χ4v) is 4.39. The van der Waals surface area contributed by atoms with Crippen molar-refractivity contribution in [2.75, 3.05) is 38.1 Å². The zero-order valence-corrected chi connectivity index (χ0v) is 22.1. The Labute approximate surface area is 218 Å². The fraction of sp³-hybridized carbons (Fsp3) is 0.440. The number of aryl methyl sites for hydroxylation is 1. The highest BCUT2D eigenvalue weighted by Crippen LogP contribution is 2.22. The van der Waals surface area contributed by atoms with Gasteiger partial charge in [0.05, 0.1) is 11.1 Å². The van der Waals surface area contributed by atoms with Gasteiger partial charge in [-0.15, -0.1) is 24.0 Å². The van der Waals surface area contributed by atoms with Crippen molar-refractivity contribution in [3.63, 3.8) is 0 Å². The number of piperidine rings is 1. The quantitative estimate of drug-likeness (QED) is 0.173. The molecule has 2 aliphatic heterocycles. The van der Waals surface area contributed by atoms with Gasteiger partial charge in [0.15, 0.2) is 5.96 Å². The smallest absolute Gasteiger partial charge is 0.261 e. The van der Waals surface area contributed by atoms with E-state index in [1.165, 1.54) is 4.90 Å². The van der Waals surface area contributed by atoms with Gasteiger partial charge in [-0.3, -0.25) is 19.5 Å². The number of rotatable bonds is 7. The summed E-state index contributed by atoms with van der Waals surface area (Å²) in [5.74, 6) is 1.47. The highest BCUT2D eigenvalue weighted by molar-refractivity contribution is 14.0. The first-order chi connectivity index (χ1) is 16.1. The summed E-state index contributed by atoms with van der Waals surface area (Å²) in [5.41, 5.74) is 2.06. The van der Waals surface area contributed by atoms with Crippen LogP contribution in [0.25, 0.3) is 0 Å². The molecule has 0 aliphatic carbocycles. The lowest BCUT2D eigenvalue weighted by Crippen LogP contribution is -2.49. The number of hydrogen-bond donors (Lipinski definition) is 2. The molecule has 2 amide bonds. The van der Waals surface area contributed by atoms with Crippen LogP contribution in [0.2, 0.25) is 0 Å². The number of carbonyl (C=O) groups excluding carboxylic acids is 2. The molecule has 0 atom stereocenters. The van der Waals surface area contributed by atoms with Gasteiger partial charge in [-0.2, -0.15) is 0 Å². The van der Waals surface area contributed by atoms with E-state index in [9.17, 15) is 9.59 Å². The monoisotopic (exact) mass is 576 g/mol. The van der Waals surface area contributed by atoms with Crippen molar-refractivity contribution in [3.05, 3.63) is 59.3 Å². The van der Waals surface area contributed by atoms with Crippen molar-refractivity contribution in [1.82, 2.24) is 20.5 Å². The van der Waals surface area contributed by atoms with Crippen molar-refractivity contribution < 1.29 is 9.59 Å². The molecule has 9 heteroatoms. The molecular formula is C25H33IN6O2. The molecule has 0 bridgehead atoms. The molecule has 2 aliphatic rings. The molecule has 1 fully saturated rings. The van der Waals surface area contributed by atoms with Gasteiger partial charge >= 0.3 is 0 Å². The number of nitrogens with one attached hydrogen (secondary N) is 2. The van der Waals surface area contributed by atoms with Crippen LogP contribution in [0.1, 0.15) is 52.1 Å². The number of anilines is 1. The minimum Gasteiger partial charge on any atom is -0.356 e. The molecule has 34 heavy (non-hydrogen) atoms. The summed E-state index contributed by atoms with van der Waals surface area (Å²) in [4.78, 5) is 37.5. The molecule has 0 radical (unpaired) electrons. The highest BCUT2D eigenvalue weighted by Gasteiger charge is 2.34. The summed E-state index contributed by atoms with van der Waals surface area (Å²) in [5, 5.41) is 6.88. The van der Waals surface area contributed by atoms with E-state index < -0.39 is 0 Å². The average Bonchev–Trinajstić information content (AvgIpc) is 3.08. The molecule has 1 aromatic carbocycles. The zero-order chi connectivity index (χ0) is 23.2. The van der Waals surface area contributed by atoms with Crippen LogP contribution in [0.4, 0.5) is 5.82 Å². The fourth-order valence-electron chi connectivity index (χ4n) is 4.39. The average molecular weight is 576 g/mol. The van der Waals surface area contributed by atoms with Crippen LogP contribution < -0.4 is 15.5 Å². The Hall–Kier alpha value is -2.69. The van der Waals surface area contributed by atoms with E-state index in [2.05, 4.69) is 37.6 Å². The van der Waals surface area contributed by atoms with E-state index in [0.717, 1.165) is 62.8 Å². The van der Waals surface area contributed by atoms with Crippen LogP contribution in [0.5, 0.6) is 0 Å². The number of aromatic nitrogens is 1. The number of benzene rings is 1. The molecule has 1 saturated heterocycles. The molecule has 1 aromatic heterocycles. The third-order valence-corrected chi connectivity index (χ3v) is 6.24. The summed E-state index contributed by atoms with van der Waals surface area (Å²) in [6, 6.07) is 13.5. The number of imide groups is 1. The third-order valence-electron chi connectivity index (χ3n) is 6.24. The van der Waals surface area contributed by atoms with Gasteiger partial charge in [-0.05, 0) is 56.9 Å². The minimum atomic E-state index is -0.187. The predicted octanol–water partition coefficient (Wildman–Crippen LogP) is 3.22. The SMILES string of the molecule is CN=C(NCCCCN1C(=O)c2ccccc2C1=O)NC1CCN(c2cccc(C)n2)CC1.I. The van der Waals surface area contributed by atoms with Crippen LogP contribution in [0.3, 0.4) is 0 Å². The van der Waals surface area contributed by atoms with Gasteiger partial charge in [-0.1, -0.05) is 18.2 Å². The highest BCUT2D eigenvalue weighted by atomic mass is 127. The summed E-state index contributed by atoms with van der Waals surface area (Å²) in [6.07, 6.45) is 3.63. The van der Waals surface area contributed by atoms with Crippen molar-refractivity contribution >= 4 is 47.6 Å². The van der Waals surface area contributed by atoms with E-state index in [0.29, 0.717) is 23.7 Å². The molecule has 3 heterocycles. The van der Waals surface area contributed by atoms with E-state index >= 15 is 0 Å². The number of fused-ring (bicyclic) bond motifs is 1. The Morgan fingerprint density at radius 3 is 2.32 bits per heavy atom. The van der Waals surface area contributed by atoms with Crippen LogP contribution in [0.15, 0.2) is 47.5 Å². The van der Waals surface area contributed by atoms with Crippen LogP contribution in [0, 0.1) is 6.92 Å². The maximum absolute atomic E-state index is 12.4. The zero-order valence-electron chi connectivity index (χ0n) is 19.8. The number of nitrogens with zero attached hydrogens (tertiary/aromatic N) is 4. The second-order valence-electron chi connectivity index (χ2n) is 8.56. The summed E-state index contributed by atoms with van der Waals surface area (Å²) < 4.78 is 0. The number of hydrogen-bond acceptors (Lipinski definition) is 5. The Kier molecular flexibility index (Phi) is 9.26. The Morgan fingerprint density at radius 1 is 1.03 bits per heavy atom. The minimum absolute atomic E-state index is 0. The van der Waals surface area contributed by atoms with Crippen molar-refractivity contribution in [3.8, 4) is 0 Å². The number of unbranched alkanes of at least 4 members (excludes halogenated alkanes) is 1. The first-order valence-electron chi connectivity index (χ1n) is 11.7. The van der Waals surface area contributed by atoms with Gasteiger partial charge in [0.1, 0.15) is 5.82 Å². The maximum atomic E-state index is 12.4. The van der Waals surface area contributed by atoms with Gasteiger partial charge in [0.25, 0.3) is 11.8 Å². The lowest BCUT2D eigenvalue weighted by molar-refractivity contribution is 0.0652. The largest absolute Gasteiger partial charge is 0.356 e. The Bertz CT molecular complexity index is 1000. The maximum Gasteiger partial charge on any atom is 0.261 e. The van der Waals surface area contributed by atoms with Gasteiger partial charge in [-0.25, -0.2) is 4.98 Å². The Morgan fingerprint density at radius 2 is 1.71 bits per heavy atom. The van der Waals surface area contributed by atoms with Crippen LogP contribution >= 0.6 is 24.0 Å².